The van der Waals surface area contributed by atoms with Gasteiger partial charge in [-0.25, -0.2) is 4.79 Å². The number of carbonyl (C=O) groups excluding carboxylic acids is 1. The van der Waals surface area contributed by atoms with Gasteiger partial charge in [-0.3, -0.25) is 4.79 Å². The Kier molecular flexibility index (Phi) is 6.88. The molecule has 0 saturated carbocycles. The number of aliphatic hydroxyl groups excluding tert-OH is 1. The molecular weight excluding hydrogens is 272 g/mol. The fourth-order valence-corrected chi connectivity index (χ4v) is 2.25. The van der Waals surface area contributed by atoms with Crippen LogP contribution >= 0.6 is 0 Å². The van der Waals surface area contributed by atoms with Gasteiger partial charge >= 0.3 is 11.9 Å². The van der Waals surface area contributed by atoms with Gasteiger partial charge in [-0.1, -0.05) is 26.0 Å². The summed E-state index contributed by atoms with van der Waals surface area (Å²) in [7, 11) is 0. The summed E-state index contributed by atoms with van der Waals surface area (Å²) in [5.74, 6) is -1.36. The number of rotatable bonds is 8. The summed E-state index contributed by atoms with van der Waals surface area (Å²) in [6.07, 6.45) is 1.48. The van der Waals surface area contributed by atoms with Crippen molar-refractivity contribution in [1.29, 1.82) is 0 Å². The second-order valence-corrected chi connectivity index (χ2v) is 5.06. The van der Waals surface area contributed by atoms with Crippen molar-refractivity contribution in [2.75, 3.05) is 13.2 Å². The molecule has 21 heavy (non-hydrogen) atoms. The normalized spacial score (nSPS) is 13.5. The summed E-state index contributed by atoms with van der Waals surface area (Å²) >= 11 is 0. The maximum absolute atomic E-state index is 11.7. The number of aromatic carboxylic acids is 1. The summed E-state index contributed by atoms with van der Waals surface area (Å²) in [6, 6.07) is 6.75. The predicted octanol–water partition coefficient (Wildman–Crippen LogP) is 2.44. The van der Waals surface area contributed by atoms with Crippen LogP contribution in [0.2, 0.25) is 0 Å². The number of benzene rings is 1. The van der Waals surface area contributed by atoms with E-state index in [1.165, 1.54) is 0 Å². The number of carboxylic acid groups (broad SMARTS) is 1. The molecule has 0 amide bonds. The molecule has 0 saturated heterocycles. The molecule has 1 aromatic rings. The second kappa shape index (κ2) is 8.42. The molecule has 5 heteroatoms. The molecule has 0 aliphatic carbocycles. The van der Waals surface area contributed by atoms with Crippen LogP contribution < -0.4 is 0 Å². The molecular formula is C16H22O5. The fourth-order valence-electron chi connectivity index (χ4n) is 2.25. The van der Waals surface area contributed by atoms with Crippen LogP contribution in [0.25, 0.3) is 0 Å². The minimum absolute atomic E-state index is 0.0211. The molecule has 1 rings (SSSR count). The number of carbonyl (C=O) groups is 2. The van der Waals surface area contributed by atoms with Gasteiger partial charge in [-0.15, -0.1) is 0 Å². The Hall–Kier alpha value is -1.88. The van der Waals surface area contributed by atoms with E-state index in [-0.39, 0.29) is 36.6 Å². The van der Waals surface area contributed by atoms with Gasteiger partial charge in [0.25, 0.3) is 0 Å². The van der Waals surface area contributed by atoms with Crippen molar-refractivity contribution in [1.82, 2.24) is 0 Å². The predicted molar refractivity (Wildman–Crippen MR) is 78.3 cm³/mol. The molecule has 0 radical (unpaired) electrons. The van der Waals surface area contributed by atoms with E-state index in [0.717, 1.165) is 12.0 Å². The lowest BCUT2D eigenvalue weighted by Gasteiger charge is -2.19. The monoisotopic (exact) mass is 294 g/mol. The molecule has 5 nitrogen and oxygen atoms in total. The Labute approximate surface area is 124 Å². The topological polar surface area (TPSA) is 83.8 Å². The average Bonchev–Trinajstić information content (AvgIpc) is 2.49. The number of esters is 1. The molecule has 2 atom stereocenters. The Morgan fingerprint density at radius 3 is 2.33 bits per heavy atom. The first-order chi connectivity index (χ1) is 9.99. The van der Waals surface area contributed by atoms with Crippen LogP contribution in [0.15, 0.2) is 24.3 Å². The van der Waals surface area contributed by atoms with Crippen LogP contribution in [0.1, 0.15) is 48.5 Å². The first-order valence-electron chi connectivity index (χ1n) is 7.10. The Balaban J connectivity index is 2.69. The van der Waals surface area contributed by atoms with Gasteiger partial charge in [0.1, 0.15) is 6.61 Å². The zero-order chi connectivity index (χ0) is 15.8. The highest BCUT2D eigenvalue weighted by molar-refractivity contribution is 5.87. The molecule has 0 aliphatic rings. The van der Waals surface area contributed by atoms with E-state index in [4.69, 9.17) is 14.9 Å². The quantitative estimate of drug-likeness (QED) is 0.719. The van der Waals surface area contributed by atoms with Crippen LogP contribution in [0.4, 0.5) is 0 Å². The van der Waals surface area contributed by atoms with Gasteiger partial charge in [-0.2, -0.15) is 0 Å². The third-order valence-corrected chi connectivity index (χ3v) is 3.50. The smallest absolute Gasteiger partial charge is 0.335 e. The van der Waals surface area contributed by atoms with Gasteiger partial charge in [0.2, 0.25) is 0 Å². The van der Waals surface area contributed by atoms with E-state index in [9.17, 15) is 9.59 Å². The number of hydrogen-bond acceptors (Lipinski definition) is 4. The molecule has 0 spiro atoms. The van der Waals surface area contributed by atoms with Crippen LogP contribution in [0, 0.1) is 5.92 Å². The van der Waals surface area contributed by atoms with Crippen molar-refractivity contribution in [3.63, 3.8) is 0 Å². The lowest BCUT2D eigenvalue weighted by molar-refractivity contribution is -0.149. The summed E-state index contributed by atoms with van der Waals surface area (Å²) in [5.41, 5.74) is 1.27. The number of hydrogen-bond donors (Lipinski definition) is 2. The van der Waals surface area contributed by atoms with E-state index in [1.54, 1.807) is 31.2 Å². The maximum atomic E-state index is 11.7. The number of ether oxygens (including phenoxy) is 1. The molecule has 0 heterocycles. The third-order valence-electron chi connectivity index (χ3n) is 3.50. The largest absolute Gasteiger partial charge is 0.478 e. The van der Waals surface area contributed by atoms with Crippen molar-refractivity contribution >= 4 is 11.9 Å². The Morgan fingerprint density at radius 2 is 1.86 bits per heavy atom. The van der Waals surface area contributed by atoms with Gasteiger partial charge in [0.05, 0.1) is 18.1 Å². The van der Waals surface area contributed by atoms with Crippen LogP contribution in [0.5, 0.6) is 0 Å². The van der Waals surface area contributed by atoms with Crippen molar-refractivity contribution in [2.45, 2.75) is 32.6 Å². The van der Waals surface area contributed by atoms with Gasteiger partial charge in [0.15, 0.2) is 0 Å². The molecule has 2 unspecified atom stereocenters. The van der Waals surface area contributed by atoms with E-state index >= 15 is 0 Å². The van der Waals surface area contributed by atoms with Crippen molar-refractivity contribution in [3.8, 4) is 0 Å². The highest BCUT2D eigenvalue weighted by Crippen LogP contribution is 2.27. The molecule has 0 aliphatic heterocycles. The first-order valence-corrected chi connectivity index (χ1v) is 7.10. The maximum Gasteiger partial charge on any atom is 0.335 e. The number of aliphatic hydroxyl groups is 1. The van der Waals surface area contributed by atoms with Crippen molar-refractivity contribution in [3.05, 3.63) is 35.4 Å². The minimum atomic E-state index is -0.949. The average molecular weight is 294 g/mol. The molecule has 2 N–H and O–H groups in total. The lowest BCUT2D eigenvalue weighted by atomic mass is 9.87. The van der Waals surface area contributed by atoms with Gasteiger partial charge < -0.3 is 14.9 Å². The van der Waals surface area contributed by atoms with Crippen molar-refractivity contribution in [2.24, 2.45) is 5.92 Å². The summed E-state index contributed by atoms with van der Waals surface area (Å²) in [4.78, 5) is 22.6. The molecule has 0 fully saturated rings. The highest BCUT2D eigenvalue weighted by Gasteiger charge is 2.20. The van der Waals surface area contributed by atoms with E-state index < -0.39 is 5.97 Å². The Bertz CT molecular complexity index is 466. The molecule has 0 bridgehead atoms. The molecule has 116 valence electrons. The zero-order valence-corrected chi connectivity index (χ0v) is 12.4. The van der Waals surface area contributed by atoms with Crippen LogP contribution in [0.3, 0.4) is 0 Å². The van der Waals surface area contributed by atoms with Crippen molar-refractivity contribution < 1.29 is 24.5 Å². The summed E-state index contributed by atoms with van der Waals surface area (Å²) in [5, 5.41) is 17.5. The lowest BCUT2D eigenvalue weighted by Crippen LogP contribution is -2.19. The SMILES string of the molecule is CCC(CC(C)C(=O)OCCO)c1ccc(C(=O)O)cc1. The minimum Gasteiger partial charge on any atom is -0.478 e. The molecule has 1 aromatic carbocycles. The standard InChI is InChI=1S/C16H22O5/c1-3-12(10-11(2)16(20)21-9-8-17)13-4-6-14(7-5-13)15(18)19/h4-7,11-12,17H,3,8-10H2,1-2H3,(H,18,19). The van der Waals surface area contributed by atoms with E-state index in [1.807, 2.05) is 6.92 Å². The summed E-state index contributed by atoms with van der Waals surface area (Å²) in [6.45, 7) is 3.68. The zero-order valence-electron chi connectivity index (χ0n) is 12.4. The second-order valence-electron chi connectivity index (χ2n) is 5.06. The van der Waals surface area contributed by atoms with Crippen LogP contribution in [-0.4, -0.2) is 35.4 Å². The van der Waals surface area contributed by atoms with Gasteiger partial charge in [0, 0.05) is 0 Å². The fraction of sp³-hybridized carbons (Fsp3) is 0.500. The number of carboxylic acids is 1. The Morgan fingerprint density at radius 1 is 1.24 bits per heavy atom. The third kappa shape index (κ3) is 5.19. The van der Waals surface area contributed by atoms with Gasteiger partial charge in [-0.05, 0) is 36.5 Å². The highest BCUT2D eigenvalue weighted by atomic mass is 16.5. The van der Waals surface area contributed by atoms with E-state index in [2.05, 4.69) is 0 Å². The first kappa shape index (κ1) is 17.2. The summed E-state index contributed by atoms with van der Waals surface area (Å²) < 4.78 is 4.92. The molecule has 0 aromatic heterocycles. The van der Waals surface area contributed by atoms with E-state index in [0.29, 0.717) is 6.42 Å². The van der Waals surface area contributed by atoms with Crippen LogP contribution in [-0.2, 0) is 9.53 Å².